The highest BCUT2D eigenvalue weighted by atomic mass is 32.1. The molecule has 0 amide bonds. The lowest BCUT2D eigenvalue weighted by Gasteiger charge is -2.05. The van der Waals surface area contributed by atoms with E-state index in [2.05, 4.69) is 38.2 Å². The molecule has 13 heavy (non-hydrogen) atoms. The van der Waals surface area contributed by atoms with Gasteiger partial charge in [0.05, 0.1) is 0 Å². The molecule has 0 aliphatic heterocycles. The Morgan fingerprint density at radius 2 is 2.15 bits per heavy atom. The highest BCUT2D eigenvalue weighted by Gasteiger charge is 1.96. The van der Waals surface area contributed by atoms with E-state index in [0.717, 1.165) is 19.0 Å². The van der Waals surface area contributed by atoms with Crippen LogP contribution in [-0.4, -0.2) is 6.54 Å². The van der Waals surface area contributed by atoms with Crippen LogP contribution in [0.2, 0.25) is 0 Å². The fourth-order valence-corrected chi connectivity index (χ4v) is 2.04. The molecule has 1 aromatic heterocycles. The van der Waals surface area contributed by atoms with Crippen LogP contribution in [0.3, 0.4) is 0 Å². The Morgan fingerprint density at radius 3 is 2.69 bits per heavy atom. The fraction of sp³-hybridized carbons (Fsp3) is 0.636. The number of aryl methyl sites for hydroxylation is 1. The SMILES string of the molecule is Cc1ccc(CNCCC(C)C)s1. The summed E-state index contributed by atoms with van der Waals surface area (Å²) in [5.41, 5.74) is 0. The van der Waals surface area contributed by atoms with Crippen LogP contribution in [0.4, 0.5) is 0 Å². The van der Waals surface area contributed by atoms with Gasteiger partial charge in [0.25, 0.3) is 0 Å². The molecule has 0 saturated carbocycles. The first-order valence-electron chi connectivity index (χ1n) is 4.94. The molecular weight excluding hydrogens is 178 g/mol. The van der Waals surface area contributed by atoms with Crippen molar-refractivity contribution in [3.05, 3.63) is 21.9 Å². The van der Waals surface area contributed by atoms with E-state index in [1.54, 1.807) is 0 Å². The standard InChI is InChI=1S/C11H19NS/c1-9(2)6-7-12-8-11-5-4-10(3)13-11/h4-5,9,12H,6-8H2,1-3H3. The van der Waals surface area contributed by atoms with Crippen molar-refractivity contribution < 1.29 is 0 Å². The van der Waals surface area contributed by atoms with Gasteiger partial charge in [-0.25, -0.2) is 0 Å². The Morgan fingerprint density at radius 1 is 1.38 bits per heavy atom. The van der Waals surface area contributed by atoms with Crippen LogP contribution in [0.15, 0.2) is 12.1 Å². The third kappa shape index (κ3) is 4.44. The second kappa shape index (κ2) is 5.40. The maximum atomic E-state index is 3.46. The summed E-state index contributed by atoms with van der Waals surface area (Å²) in [7, 11) is 0. The molecule has 1 nitrogen and oxygen atoms in total. The van der Waals surface area contributed by atoms with E-state index >= 15 is 0 Å². The lowest BCUT2D eigenvalue weighted by Crippen LogP contribution is -2.15. The first kappa shape index (κ1) is 10.7. The van der Waals surface area contributed by atoms with Gasteiger partial charge < -0.3 is 5.32 Å². The lowest BCUT2D eigenvalue weighted by atomic mass is 10.1. The Kier molecular flexibility index (Phi) is 4.46. The average molecular weight is 197 g/mol. The van der Waals surface area contributed by atoms with Gasteiger partial charge in [-0.05, 0) is 37.9 Å². The van der Waals surface area contributed by atoms with Crippen molar-refractivity contribution in [1.82, 2.24) is 5.32 Å². The topological polar surface area (TPSA) is 12.0 Å². The molecule has 0 aliphatic rings. The predicted octanol–water partition coefficient (Wildman–Crippen LogP) is 3.19. The average Bonchev–Trinajstić information content (AvgIpc) is 2.45. The van der Waals surface area contributed by atoms with E-state index in [4.69, 9.17) is 0 Å². The molecule has 1 N–H and O–H groups in total. The van der Waals surface area contributed by atoms with Gasteiger partial charge in [0, 0.05) is 16.3 Å². The summed E-state index contributed by atoms with van der Waals surface area (Å²) in [6.07, 6.45) is 1.27. The summed E-state index contributed by atoms with van der Waals surface area (Å²) >= 11 is 1.88. The quantitative estimate of drug-likeness (QED) is 0.715. The molecule has 0 aliphatic carbocycles. The molecule has 0 fully saturated rings. The lowest BCUT2D eigenvalue weighted by molar-refractivity contribution is 0.539. The van der Waals surface area contributed by atoms with E-state index in [9.17, 15) is 0 Å². The molecule has 1 heterocycles. The van der Waals surface area contributed by atoms with Gasteiger partial charge in [-0.15, -0.1) is 11.3 Å². The first-order chi connectivity index (χ1) is 6.18. The zero-order valence-electron chi connectivity index (χ0n) is 8.76. The second-order valence-corrected chi connectivity index (χ2v) is 5.24. The monoisotopic (exact) mass is 197 g/mol. The molecule has 0 atom stereocenters. The molecule has 0 unspecified atom stereocenters. The minimum absolute atomic E-state index is 0.803. The minimum Gasteiger partial charge on any atom is -0.312 e. The van der Waals surface area contributed by atoms with Crippen LogP contribution in [0, 0.1) is 12.8 Å². The summed E-state index contributed by atoms with van der Waals surface area (Å²) in [5, 5.41) is 3.46. The third-order valence-electron chi connectivity index (χ3n) is 1.99. The smallest absolute Gasteiger partial charge is 0.0299 e. The Labute approximate surface area is 85.2 Å². The van der Waals surface area contributed by atoms with Crippen LogP contribution < -0.4 is 5.32 Å². The van der Waals surface area contributed by atoms with Crippen molar-refractivity contribution in [2.75, 3.05) is 6.54 Å². The number of rotatable bonds is 5. The van der Waals surface area contributed by atoms with Gasteiger partial charge >= 0.3 is 0 Å². The third-order valence-corrected chi connectivity index (χ3v) is 2.99. The molecule has 1 rings (SSSR count). The van der Waals surface area contributed by atoms with Gasteiger partial charge in [-0.3, -0.25) is 0 Å². The van der Waals surface area contributed by atoms with E-state index in [1.807, 2.05) is 11.3 Å². The van der Waals surface area contributed by atoms with E-state index in [0.29, 0.717) is 0 Å². The van der Waals surface area contributed by atoms with E-state index in [-0.39, 0.29) is 0 Å². The van der Waals surface area contributed by atoms with Gasteiger partial charge in [0.1, 0.15) is 0 Å². The first-order valence-corrected chi connectivity index (χ1v) is 5.76. The van der Waals surface area contributed by atoms with Crippen molar-refractivity contribution >= 4 is 11.3 Å². The van der Waals surface area contributed by atoms with Crippen molar-refractivity contribution in [2.45, 2.75) is 33.7 Å². The Bertz CT molecular complexity index is 240. The normalized spacial score (nSPS) is 11.1. The zero-order chi connectivity index (χ0) is 9.68. The summed E-state index contributed by atoms with van der Waals surface area (Å²) < 4.78 is 0. The molecule has 0 aromatic carbocycles. The maximum Gasteiger partial charge on any atom is 0.0299 e. The highest BCUT2D eigenvalue weighted by Crippen LogP contribution is 2.14. The van der Waals surface area contributed by atoms with E-state index in [1.165, 1.54) is 16.2 Å². The fourth-order valence-electron chi connectivity index (χ4n) is 1.18. The molecule has 2 heteroatoms. The maximum absolute atomic E-state index is 3.46. The molecule has 0 radical (unpaired) electrons. The van der Waals surface area contributed by atoms with Crippen LogP contribution >= 0.6 is 11.3 Å². The molecule has 0 bridgehead atoms. The Balaban J connectivity index is 2.13. The van der Waals surface area contributed by atoms with Gasteiger partial charge in [0.2, 0.25) is 0 Å². The summed E-state index contributed by atoms with van der Waals surface area (Å²) in [4.78, 5) is 2.85. The molecular formula is C11H19NS. The second-order valence-electron chi connectivity index (χ2n) is 3.87. The van der Waals surface area contributed by atoms with Crippen LogP contribution in [0.1, 0.15) is 30.0 Å². The van der Waals surface area contributed by atoms with Crippen molar-refractivity contribution in [1.29, 1.82) is 0 Å². The number of thiophene rings is 1. The summed E-state index contributed by atoms with van der Waals surface area (Å²) in [6.45, 7) is 8.84. The summed E-state index contributed by atoms with van der Waals surface area (Å²) in [6, 6.07) is 4.40. The van der Waals surface area contributed by atoms with Crippen LogP contribution in [0.25, 0.3) is 0 Å². The Hall–Kier alpha value is -0.340. The molecule has 0 saturated heterocycles. The molecule has 1 aromatic rings. The number of nitrogens with one attached hydrogen (secondary N) is 1. The minimum atomic E-state index is 0.803. The molecule has 0 spiro atoms. The largest absolute Gasteiger partial charge is 0.312 e. The van der Waals surface area contributed by atoms with Gasteiger partial charge in [-0.2, -0.15) is 0 Å². The number of hydrogen-bond acceptors (Lipinski definition) is 2. The molecule has 74 valence electrons. The zero-order valence-corrected chi connectivity index (χ0v) is 9.58. The number of hydrogen-bond donors (Lipinski definition) is 1. The summed E-state index contributed by atoms with van der Waals surface area (Å²) in [5.74, 6) is 0.803. The van der Waals surface area contributed by atoms with Gasteiger partial charge in [0.15, 0.2) is 0 Å². The predicted molar refractivity (Wildman–Crippen MR) is 60.2 cm³/mol. The van der Waals surface area contributed by atoms with Crippen LogP contribution in [0.5, 0.6) is 0 Å². The highest BCUT2D eigenvalue weighted by molar-refractivity contribution is 7.11. The van der Waals surface area contributed by atoms with Crippen molar-refractivity contribution in [3.63, 3.8) is 0 Å². The van der Waals surface area contributed by atoms with Gasteiger partial charge in [-0.1, -0.05) is 13.8 Å². The van der Waals surface area contributed by atoms with E-state index < -0.39 is 0 Å². The van der Waals surface area contributed by atoms with Crippen molar-refractivity contribution in [2.24, 2.45) is 5.92 Å². The van der Waals surface area contributed by atoms with Crippen molar-refractivity contribution in [3.8, 4) is 0 Å². The van der Waals surface area contributed by atoms with Crippen LogP contribution in [-0.2, 0) is 6.54 Å².